The number of benzene rings is 1. The zero-order valence-corrected chi connectivity index (χ0v) is 14.4. The molecule has 1 amide bonds. The van der Waals surface area contributed by atoms with Gasteiger partial charge in [-0.15, -0.1) is 0 Å². The highest BCUT2D eigenvalue weighted by Crippen LogP contribution is 2.29. The van der Waals surface area contributed by atoms with Crippen LogP contribution in [0.25, 0.3) is 0 Å². The Morgan fingerprint density at radius 1 is 1.15 bits per heavy atom. The van der Waals surface area contributed by atoms with E-state index in [1.165, 1.54) is 19.1 Å². The Morgan fingerprint density at radius 2 is 1.77 bits per heavy atom. The van der Waals surface area contributed by atoms with E-state index in [-0.39, 0.29) is 5.56 Å². The summed E-state index contributed by atoms with van der Waals surface area (Å²) in [5.74, 6) is -1.55. The first-order valence-corrected chi connectivity index (χ1v) is 8.02. The van der Waals surface area contributed by atoms with Crippen LogP contribution in [0.4, 0.5) is 0 Å². The quantitative estimate of drug-likeness (QED) is 0.382. The molecule has 0 spiro atoms. The normalized spacial score (nSPS) is 30.9. The largest absolute Gasteiger partial charge is 0.467 e. The zero-order chi connectivity index (χ0) is 19.5. The van der Waals surface area contributed by atoms with E-state index in [4.69, 9.17) is 9.47 Å². The molecule has 9 heteroatoms. The fourth-order valence-electron chi connectivity index (χ4n) is 2.93. The van der Waals surface area contributed by atoms with Crippen LogP contribution in [0.1, 0.15) is 17.3 Å². The molecule has 0 unspecified atom stereocenters. The van der Waals surface area contributed by atoms with E-state index in [9.17, 15) is 30.0 Å². The molecule has 1 heterocycles. The van der Waals surface area contributed by atoms with Crippen molar-refractivity contribution < 1.29 is 39.5 Å². The van der Waals surface area contributed by atoms with Crippen molar-refractivity contribution in [3.05, 3.63) is 35.9 Å². The molecule has 1 aromatic carbocycles. The molecular formula is C17H23NO8. The number of hydrogen-bond donors (Lipinski definition) is 5. The number of ether oxygens (including phenoxy) is 2. The molecule has 0 radical (unpaired) electrons. The number of carbonyl (C=O) groups is 2. The number of methoxy groups -OCH3 is 1. The van der Waals surface area contributed by atoms with Crippen LogP contribution in [0.3, 0.4) is 0 Å². The van der Waals surface area contributed by atoms with Crippen molar-refractivity contribution in [3.8, 4) is 0 Å². The molecule has 6 atom stereocenters. The maximum Gasteiger partial charge on any atom is 0.334 e. The molecule has 0 saturated carbocycles. The maximum absolute atomic E-state index is 12.5. The predicted molar refractivity (Wildman–Crippen MR) is 88.1 cm³/mol. The Labute approximate surface area is 150 Å². The van der Waals surface area contributed by atoms with Crippen LogP contribution in [0, 0.1) is 0 Å². The average Bonchev–Trinajstić information content (AvgIpc) is 2.66. The van der Waals surface area contributed by atoms with Gasteiger partial charge in [-0.2, -0.15) is 0 Å². The van der Waals surface area contributed by atoms with Crippen molar-refractivity contribution in [3.63, 3.8) is 0 Å². The van der Waals surface area contributed by atoms with Crippen molar-refractivity contribution >= 4 is 11.9 Å². The lowest BCUT2D eigenvalue weighted by molar-refractivity contribution is -0.246. The summed E-state index contributed by atoms with van der Waals surface area (Å²) in [5.41, 5.74) is -1.64. The minimum absolute atomic E-state index is 0.257. The Bertz CT molecular complexity index is 637. The Hall–Kier alpha value is -2.04. The summed E-state index contributed by atoms with van der Waals surface area (Å²) in [4.78, 5) is 24.9. The van der Waals surface area contributed by atoms with E-state index in [0.29, 0.717) is 0 Å². The number of aliphatic hydroxyl groups is 4. The Morgan fingerprint density at radius 3 is 2.31 bits per heavy atom. The number of aliphatic hydroxyl groups excluding tert-OH is 4. The van der Waals surface area contributed by atoms with Crippen molar-refractivity contribution in [2.24, 2.45) is 0 Å². The fraction of sp³-hybridized carbons (Fsp3) is 0.529. The van der Waals surface area contributed by atoms with Crippen LogP contribution in [0.2, 0.25) is 0 Å². The summed E-state index contributed by atoms with van der Waals surface area (Å²) in [5, 5.41) is 42.0. The molecule has 1 aliphatic heterocycles. The van der Waals surface area contributed by atoms with Gasteiger partial charge in [0.05, 0.1) is 13.7 Å². The number of hydrogen-bond acceptors (Lipinski definition) is 8. The second-order valence-corrected chi connectivity index (χ2v) is 6.26. The van der Waals surface area contributed by atoms with Crippen LogP contribution in [-0.4, -0.2) is 82.1 Å². The van der Waals surface area contributed by atoms with Gasteiger partial charge in [0.1, 0.15) is 30.5 Å². The topological polar surface area (TPSA) is 146 Å². The lowest BCUT2D eigenvalue weighted by Gasteiger charge is -2.46. The molecular weight excluding hydrogens is 346 g/mol. The van der Waals surface area contributed by atoms with Gasteiger partial charge < -0.3 is 35.2 Å². The highest BCUT2D eigenvalue weighted by Gasteiger charge is 2.55. The van der Waals surface area contributed by atoms with Crippen LogP contribution in [0.15, 0.2) is 30.3 Å². The molecule has 26 heavy (non-hydrogen) atoms. The van der Waals surface area contributed by atoms with E-state index >= 15 is 0 Å². The predicted octanol–water partition coefficient (Wildman–Crippen LogP) is -1.81. The first-order valence-electron chi connectivity index (χ1n) is 8.02. The summed E-state index contributed by atoms with van der Waals surface area (Å²) < 4.78 is 10.2. The fourth-order valence-corrected chi connectivity index (χ4v) is 2.93. The highest BCUT2D eigenvalue weighted by atomic mass is 16.6. The first kappa shape index (κ1) is 20.3. The first-order chi connectivity index (χ1) is 12.3. The molecule has 1 fully saturated rings. The number of carbonyl (C=O) groups excluding carboxylic acids is 2. The molecule has 1 aromatic rings. The number of nitrogens with one attached hydrogen (secondary N) is 1. The lowest BCUT2D eigenvalue weighted by atomic mass is 9.83. The van der Waals surface area contributed by atoms with Crippen molar-refractivity contribution in [2.75, 3.05) is 13.7 Å². The summed E-state index contributed by atoms with van der Waals surface area (Å²) in [6.07, 6.45) is -7.69. The summed E-state index contributed by atoms with van der Waals surface area (Å²) >= 11 is 0. The van der Waals surface area contributed by atoms with Gasteiger partial charge in [0.2, 0.25) is 0 Å². The molecule has 0 bridgehead atoms. The monoisotopic (exact) mass is 369 g/mol. The lowest BCUT2D eigenvalue weighted by Crippen LogP contribution is -2.71. The zero-order valence-electron chi connectivity index (χ0n) is 14.4. The van der Waals surface area contributed by atoms with Gasteiger partial charge in [0.15, 0.2) is 5.54 Å². The highest BCUT2D eigenvalue weighted by molar-refractivity contribution is 5.98. The van der Waals surface area contributed by atoms with E-state index in [1.807, 2.05) is 0 Å². The smallest absolute Gasteiger partial charge is 0.334 e. The molecule has 144 valence electrons. The van der Waals surface area contributed by atoms with Crippen molar-refractivity contribution in [1.82, 2.24) is 5.32 Å². The molecule has 5 N–H and O–H groups in total. The SMILES string of the molecule is COC(=O)[C@@](C)(NC(=O)c1ccccc1)[C@H]1O[C@H](CO)[C@@H](O)[C@H](O)[C@@H]1O. The molecule has 9 nitrogen and oxygen atoms in total. The summed E-state index contributed by atoms with van der Waals surface area (Å²) in [7, 11) is 1.10. The van der Waals surface area contributed by atoms with Crippen LogP contribution in [-0.2, 0) is 14.3 Å². The minimum atomic E-state index is -1.89. The van der Waals surface area contributed by atoms with Gasteiger partial charge in [-0.1, -0.05) is 18.2 Å². The second kappa shape index (κ2) is 8.11. The number of esters is 1. The van der Waals surface area contributed by atoms with Gasteiger partial charge in [0.25, 0.3) is 5.91 Å². The van der Waals surface area contributed by atoms with Gasteiger partial charge in [-0.3, -0.25) is 4.79 Å². The molecule has 1 aliphatic rings. The van der Waals surface area contributed by atoms with E-state index < -0.39 is 54.5 Å². The van der Waals surface area contributed by atoms with E-state index in [2.05, 4.69) is 5.32 Å². The van der Waals surface area contributed by atoms with E-state index in [0.717, 1.165) is 7.11 Å². The standard InChI is InChI=1S/C17H23NO8/c1-17(16(24)25-2,18-15(23)9-6-4-3-5-7-9)14-13(22)12(21)11(20)10(8-19)26-14/h3-7,10-14,19-22H,8H2,1-2H3,(H,18,23)/t10-,11-,12+,13+,14+,17+/m1/s1. The second-order valence-electron chi connectivity index (χ2n) is 6.26. The van der Waals surface area contributed by atoms with Gasteiger partial charge in [-0.25, -0.2) is 4.79 Å². The molecule has 1 saturated heterocycles. The van der Waals surface area contributed by atoms with Crippen LogP contribution in [0.5, 0.6) is 0 Å². The van der Waals surface area contributed by atoms with Crippen molar-refractivity contribution in [1.29, 1.82) is 0 Å². The molecule has 0 aromatic heterocycles. The minimum Gasteiger partial charge on any atom is -0.467 e. The third kappa shape index (κ3) is 3.71. The summed E-state index contributed by atoms with van der Waals surface area (Å²) in [6.45, 7) is 0.609. The Balaban J connectivity index is 2.36. The third-order valence-electron chi connectivity index (χ3n) is 4.48. The van der Waals surface area contributed by atoms with Gasteiger partial charge in [-0.05, 0) is 19.1 Å². The maximum atomic E-state index is 12.5. The van der Waals surface area contributed by atoms with E-state index in [1.54, 1.807) is 18.2 Å². The van der Waals surface area contributed by atoms with Crippen molar-refractivity contribution in [2.45, 2.75) is 43.0 Å². The Kier molecular flexibility index (Phi) is 6.32. The molecule has 0 aliphatic carbocycles. The third-order valence-corrected chi connectivity index (χ3v) is 4.48. The van der Waals surface area contributed by atoms with Crippen LogP contribution < -0.4 is 5.32 Å². The summed E-state index contributed by atoms with van der Waals surface area (Å²) in [6, 6.07) is 8.05. The van der Waals surface area contributed by atoms with Gasteiger partial charge >= 0.3 is 5.97 Å². The number of amides is 1. The average molecular weight is 369 g/mol. The molecule has 2 rings (SSSR count). The number of rotatable bonds is 5. The van der Waals surface area contributed by atoms with Crippen LogP contribution >= 0.6 is 0 Å². The van der Waals surface area contributed by atoms with Gasteiger partial charge in [0, 0.05) is 5.56 Å².